The largest absolute Gasteiger partial charge is 0.507 e. The Hall–Kier alpha value is -2.77. The lowest BCUT2D eigenvalue weighted by Crippen LogP contribution is -2.45. The molecule has 2 aromatic carbocycles. The van der Waals surface area contributed by atoms with Crippen molar-refractivity contribution in [3.05, 3.63) is 53.1 Å². The third-order valence-electron chi connectivity index (χ3n) is 6.32. The van der Waals surface area contributed by atoms with E-state index in [1.165, 1.54) is 0 Å². The van der Waals surface area contributed by atoms with Crippen LogP contribution in [0.1, 0.15) is 35.6 Å². The number of carbonyl (C=O) groups excluding carboxylic acids is 1. The smallest absolute Gasteiger partial charge is 0.321 e. The van der Waals surface area contributed by atoms with E-state index in [1.54, 1.807) is 29.2 Å². The molecule has 0 saturated carbocycles. The molecule has 5 N–H and O–H groups in total. The summed E-state index contributed by atoms with van der Waals surface area (Å²) in [7, 11) is 0. The molecule has 7 heteroatoms. The fourth-order valence-corrected chi connectivity index (χ4v) is 4.53. The monoisotopic (exact) mass is 411 g/mol. The number of anilines is 1. The van der Waals surface area contributed by atoms with Crippen LogP contribution in [0.3, 0.4) is 0 Å². The number of rotatable bonds is 3. The summed E-state index contributed by atoms with van der Waals surface area (Å²) in [4.78, 5) is 14.3. The fraction of sp³-hybridized carbons (Fsp3) is 0.435. The average molecular weight is 412 g/mol. The van der Waals surface area contributed by atoms with Gasteiger partial charge in [-0.05, 0) is 48.9 Å². The van der Waals surface area contributed by atoms with Gasteiger partial charge in [-0.1, -0.05) is 24.3 Å². The van der Waals surface area contributed by atoms with Gasteiger partial charge in [-0.2, -0.15) is 0 Å². The number of para-hydroxylation sites is 2. The molecule has 4 rings (SSSR count). The molecule has 1 fully saturated rings. The van der Waals surface area contributed by atoms with Gasteiger partial charge in [-0.25, -0.2) is 4.79 Å². The van der Waals surface area contributed by atoms with Crippen LogP contribution in [0.25, 0.3) is 0 Å². The zero-order valence-electron chi connectivity index (χ0n) is 17.2. The Balaban J connectivity index is 1.40. The van der Waals surface area contributed by atoms with E-state index < -0.39 is 0 Å². The van der Waals surface area contributed by atoms with Gasteiger partial charge >= 0.3 is 6.03 Å². The van der Waals surface area contributed by atoms with E-state index in [0.717, 1.165) is 29.5 Å². The van der Waals surface area contributed by atoms with Gasteiger partial charge in [0.1, 0.15) is 11.5 Å². The molecule has 0 aliphatic carbocycles. The van der Waals surface area contributed by atoms with Crippen LogP contribution in [-0.4, -0.2) is 46.9 Å². The van der Waals surface area contributed by atoms with Gasteiger partial charge in [-0.3, -0.25) is 0 Å². The maximum absolute atomic E-state index is 12.6. The minimum Gasteiger partial charge on any atom is -0.507 e. The Morgan fingerprint density at radius 3 is 2.63 bits per heavy atom. The van der Waals surface area contributed by atoms with Crippen LogP contribution in [0.4, 0.5) is 10.5 Å². The number of hydrogen-bond donors (Lipinski definition) is 4. The van der Waals surface area contributed by atoms with E-state index in [-0.39, 0.29) is 24.0 Å². The quantitative estimate of drug-likeness (QED) is 0.580. The number of hydrogen-bond acceptors (Lipinski definition) is 5. The van der Waals surface area contributed by atoms with E-state index in [0.29, 0.717) is 43.4 Å². The number of benzene rings is 2. The van der Waals surface area contributed by atoms with Crippen LogP contribution in [0.15, 0.2) is 36.4 Å². The third-order valence-corrected chi connectivity index (χ3v) is 6.32. The highest BCUT2D eigenvalue weighted by Crippen LogP contribution is 2.40. The molecule has 0 radical (unpaired) electrons. The predicted molar refractivity (Wildman–Crippen MR) is 115 cm³/mol. The highest BCUT2D eigenvalue weighted by atomic mass is 16.5. The number of nitrogens with zero attached hydrogens (tertiary/aromatic N) is 1. The number of nitrogens with two attached hydrogens (primary N) is 1. The number of phenolic OH excluding ortho intramolecular Hbond substituents is 2. The molecule has 2 aliphatic rings. The first-order valence-corrected chi connectivity index (χ1v) is 10.5. The molecular weight excluding hydrogens is 382 g/mol. The first kappa shape index (κ1) is 20.5. The van der Waals surface area contributed by atoms with Gasteiger partial charge in [0.25, 0.3) is 0 Å². The SMILES string of the molecule is Cc1ccc2c(c1O)C[C@@H](C1CCN(C(=O)Nc3ccccc3O)CC1)O[C@H]2CN. The number of amides is 2. The summed E-state index contributed by atoms with van der Waals surface area (Å²) in [6, 6.07) is 10.4. The van der Waals surface area contributed by atoms with Crippen molar-refractivity contribution in [1.82, 2.24) is 4.90 Å². The second-order valence-corrected chi connectivity index (χ2v) is 8.17. The molecule has 30 heavy (non-hydrogen) atoms. The molecule has 2 amide bonds. The molecule has 0 unspecified atom stereocenters. The average Bonchev–Trinajstić information content (AvgIpc) is 2.77. The van der Waals surface area contributed by atoms with Crippen molar-refractivity contribution >= 4 is 11.7 Å². The van der Waals surface area contributed by atoms with Crippen LogP contribution < -0.4 is 11.1 Å². The molecule has 2 atom stereocenters. The van der Waals surface area contributed by atoms with Crippen LogP contribution in [0, 0.1) is 12.8 Å². The Bertz CT molecular complexity index is 925. The molecule has 0 aromatic heterocycles. The number of piperidine rings is 1. The van der Waals surface area contributed by atoms with Crippen LogP contribution in [0.5, 0.6) is 11.5 Å². The van der Waals surface area contributed by atoms with E-state index >= 15 is 0 Å². The topological polar surface area (TPSA) is 108 Å². The third kappa shape index (κ3) is 3.95. The number of fused-ring (bicyclic) bond motifs is 1. The number of phenols is 2. The molecule has 0 bridgehead atoms. The zero-order valence-corrected chi connectivity index (χ0v) is 17.2. The van der Waals surface area contributed by atoms with Gasteiger partial charge in [-0.15, -0.1) is 0 Å². The number of likely N-dealkylation sites (tertiary alicyclic amines) is 1. The summed E-state index contributed by atoms with van der Waals surface area (Å²) in [5.74, 6) is 0.693. The number of aromatic hydroxyl groups is 2. The standard InChI is InChI=1S/C23H29N3O4/c1-14-6-7-16-17(22(14)28)12-20(30-21(16)13-24)15-8-10-26(11-9-15)23(29)25-18-4-2-3-5-19(18)27/h2-7,15,20-21,27-28H,8-13,24H2,1H3,(H,25,29)/t20-,21-/m0/s1. The summed E-state index contributed by atoms with van der Waals surface area (Å²) in [6.45, 7) is 3.50. The van der Waals surface area contributed by atoms with Crippen LogP contribution in [0.2, 0.25) is 0 Å². The maximum Gasteiger partial charge on any atom is 0.321 e. The summed E-state index contributed by atoms with van der Waals surface area (Å²) in [5, 5.41) is 23.2. The lowest BCUT2D eigenvalue weighted by molar-refractivity contribution is -0.0624. The zero-order chi connectivity index (χ0) is 21.3. The molecule has 7 nitrogen and oxygen atoms in total. The van der Waals surface area contributed by atoms with Gasteiger partial charge in [0, 0.05) is 31.6 Å². The summed E-state index contributed by atoms with van der Waals surface area (Å²) in [6.07, 6.45) is 2.05. The van der Waals surface area contributed by atoms with Crippen molar-refractivity contribution in [1.29, 1.82) is 0 Å². The van der Waals surface area contributed by atoms with E-state index in [4.69, 9.17) is 10.5 Å². The summed E-state index contributed by atoms with van der Waals surface area (Å²) < 4.78 is 6.32. The van der Waals surface area contributed by atoms with Gasteiger partial charge in [0.05, 0.1) is 17.9 Å². The highest BCUT2D eigenvalue weighted by Gasteiger charge is 2.36. The van der Waals surface area contributed by atoms with Crippen molar-refractivity contribution in [2.45, 2.75) is 38.4 Å². The van der Waals surface area contributed by atoms with Gasteiger partial charge in [0.15, 0.2) is 0 Å². The highest BCUT2D eigenvalue weighted by molar-refractivity contribution is 5.90. The van der Waals surface area contributed by atoms with Gasteiger partial charge in [0.2, 0.25) is 0 Å². The Kier molecular flexibility index (Phi) is 5.83. The molecule has 2 heterocycles. The summed E-state index contributed by atoms with van der Waals surface area (Å²) >= 11 is 0. The first-order valence-electron chi connectivity index (χ1n) is 10.5. The lowest BCUT2D eigenvalue weighted by atomic mass is 9.83. The fourth-order valence-electron chi connectivity index (χ4n) is 4.53. The van der Waals surface area contributed by atoms with Gasteiger partial charge < -0.3 is 30.9 Å². The second-order valence-electron chi connectivity index (χ2n) is 8.17. The molecular formula is C23H29N3O4. The molecule has 160 valence electrons. The Labute approximate surface area is 176 Å². The second kappa shape index (κ2) is 8.53. The van der Waals surface area contributed by atoms with E-state index in [1.807, 2.05) is 19.1 Å². The number of carbonyl (C=O) groups is 1. The number of nitrogens with one attached hydrogen (secondary N) is 1. The molecule has 0 spiro atoms. The van der Waals surface area contributed by atoms with E-state index in [9.17, 15) is 15.0 Å². The Morgan fingerprint density at radius 2 is 1.93 bits per heavy atom. The van der Waals surface area contributed by atoms with Crippen molar-refractivity contribution < 1.29 is 19.7 Å². The molecule has 1 saturated heterocycles. The number of urea groups is 1. The van der Waals surface area contributed by atoms with Crippen molar-refractivity contribution in [3.8, 4) is 11.5 Å². The minimum atomic E-state index is -0.215. The minimum absolute atomic E-state index is 0.0258. The normalized spacial score (nSPS) is 21.9. The summed E-state index contributed by atoms with van der Waals surface area (Å²) in [5.41, 5.74) is 9.16. The lowest BCUT2D eigenvalue weighted by Gasteiger charge is -2.40. The van der Waals surface area contributed by atoms with Crippen molar-refractivity contribution in [3.63, 3.8) is 0 Å². The maximum atomic E-state index is 12.6. The number of ether oxygens (including phenoxy) is 1. The first-order chi connectivity index (χ1) is 14.5. The predicted octanol–water partition coefficient (Wildman–Crippen LogP) is 3.29. The van der Waals surface area contributed by atoms with Crippen molar-refractivity contribution in [2.75, 3.05) is 25.0 Å². The number of aryl methyl sites for hydroxylation is 1. The van der Waals surface area contributed by atoms with E-state index in [2.05, 4.69) is 5.32 Å². The van der Waals surface area contributed by atoms with Crippen LogP contribution in [-0.2, 0) is 11.2 Å². The molecule has 2 aromatic rings. The van der Waals surface area contributed by atoms with Crippen LogP contribution >= 0.6 is 0 Å². The van der Waals surface area contributed by atoms with Crippen molar-refractivity contribution in [2.24, 2.45) is 11.7 Å². The molecule has 2 aliphatic heterocycles. The Morgan fingerprint density at radius 1 is 1.20 bits per heavy atom.